The normalized spacial score (nSPS) is 12.2. The van der Waals surface area contributed by atoms with E-state index in [2.05, 4.69) is 10.3 Å². The standard InChI is InChI=1S/C18H17ClN2O3/c19-13-4-3-12-8-17(21-16(12)9-13)18(24)20-14(10-22)7-11-1-5-15(23)6-2-11/h1-6,8-9,14,21-23H,7,10H2,(H,20,24)/t14-/m0/s1. The highest BCUT2D eigenvalue weighted by Gasteiger charge is 2.15. The number of aromatic amines is 1. The Labute approximate surface area is 143 Å². The molecule has 24 heavy (non-hydrogen) atoms. The van der Waals surface area contributed by atoms with Crippen LogP contribution in [-0.4, -0.2) is 33.8 Å². The Bertz CT molecular complexity index is 858. The monoisotopic (exact) mass is 344 g/mol. The minimum absolute atomic E-state index is 0.181. The fourth-order valence-corrected chi connectivity index (χ4v) is 2.73. The molecule has 3 aromatic rings. The molecule has 3 rings (SSSR count). The van der Waals surface area contributed by atoms with Crippen LogP contribution in [0.1, 0.15) is 16.1 Å². The van der Waals surface area contributed by atoms with Crippen LogP contribution in [0, 0.1) is 0 Å². The number of H-pyrrole nitrogens is 1. The van der Waals surface area contributed by atoms with Crippen LogP contribution in [0.5, 0.6) is 5.75 Å². The van der Waals surface area contributed by atoms with Crippen LogP contribution in [0.2, 0.25) is 5.02 Å². The van der Waals surface area contributed by atoms with Gasteiger partial charge in [-0.3, -0.25) is 4.79 Å². The predicted octanol–water partition coefficient (Wildman–Crippen LogP) is 2.86. The summed E-state index contributed by atoms with van der Waals surface area (Å²) in [4.78, 5) is 15.4. The molecule has 0 aliphatic rings. The van der Waals surface area contributed by atoms with Crippen LogP contribution in [0.25, 0.3) is 10.9 Å². The molecule has 0 bridgehead atoms. The Morgan fingerprint density at radius 2 is 1.92 bits per heavy atom. The minimum atomic E-state index is -0.419. The molecule has 0 spiro atoms. The molecule has 1 heterocycles. The summed E-state index contributed by atoms with van der Waals surface area (Å²) in [5.74, 6) is -0.111. The molecule has 0 aliphatic carbocycles. The first-order valence-corrected chi connectivity index (χ1v) is 7.91. The molecule has 1 amide bonds. The van der Waals surface area contributed by atoms with Gasteiger partial charge in [-0.15, -0.1) is 0 Å². The number of carbonyl (C=O) groups excluding carboxylic acids is 1. The number of aliphatic hydroxyl groups excluding tert-OH is 1. The van der Waals surface area contributed by atoms with Crippen molar-refractivity contribution >= 4 is 28.4 Å². The SMILES string of the molecule is O=C(N[C@H](CO)Cc1ccc(O)cc1)c1cc2ccc(Cl)cc2[nH]1. The Hall–Kier alpha value is -2.50. The minimum Gasteiger partial charge on any atom is -0.508 e. The third-order valence-corrected chi connectivity index (χ3v) is 4.04. The van der Waals surface area contributed by atoms with Crippen molar-refractivity contribution in [2.24, 2.45) is 0 Å². The number of phenolic OH excluding ortho intramolecular Hbond substituents is 1. The van der Waals surface area contributed by atoms with E-state index in [1.165, 1.54) is 0 Å². The number of hydrogen-bond donors (Lipinski definition) is 4. The van der Waals surface area contributed by atoms with E-state index < -0.39 is 6.04 Å². The zero-order valence-electron chi connectivity index (χ0n) is 12.8. The number of fused-ring (bicyclic) bond motifs is 1. The number of halogens is 1. The highest BCUT2D eigenvalue weighted by atomic mass is 35.5. The molecule has 0 aliphatic heterocycles. The second kappa shape index (κ2) is 6.95. The number of aromatic hydroxyl groups is 1. The maximum atomic E-state index is 12.4. The van der Waals surface area contributed by atoms with Crippen molar-refractivity contribution in [2.45, 2.75) is 12.5 Å². The molecule has 0 unspecified atom stereocenters. The van der Waals surface area contributed by atoms with Gasteiger partial charge in [0, 0.05) is 15.9 Å². The van der Waals surface area contributed by atoms with Crippen LogP contribution >= 0.6 is 11.6 Å². The van der Waals surface area contributed by atoms with Gasteiger partial charge in [0.15, 0.2) is 0 Å². The molecule has 1 atom stereocenters. The zero-order chi connectivity index (χ0) is 17.1. The van der Waals surface area contributed by atoms with E-state index in [0.29, 0.717) is 17.1 Å². The maximum Gasteiger partial charge on any atom is 0.268 e. The van der Waals surface area contributed by atoms with Gasteiger partial charge in [-0.25, -0.2) is 0 Å². The van der Waals surface area contributed by atoms with E-state index in [-0.39, 0.29) is 18.3 Å². The molecule has 0 saturated carbocycles. The van der Waals surface area contributed by atoms with Crippen LogP contribution in [0.3, 0.4) is 0 Å². The van der Waals surface area contributed by atoms with Crippen molar-refractivity contribution in [3.63, 3.8) is 0 Å². The van der Waals surface area contributed by atoms with Gasteiger partial charge in [0.25, 0.3) is 5.91 Å². The number of carbonyl (C=O) groups is 1. The first kappa shape index (κ1) is 16.4. The van der Waals surface area contributed by atoms with Gasteiger partial charge >= 0.3 is 0 Å². The lowest BCUT2D eigenvalue weighted by atomic mass is 10.1. The average molecular weight is 345 g/mol. The molecular weight excluding hydrogens is 328 g/mol. The Balaban J connectivity index is 1.72. The largest absolute Gasteiger partial charge is 0.508 e. The molecule has 0 radical (unpaired) electrons. The fraction of sp³-hybridized carbons (Fsp3) is 0.167. The van der Waals surface area contributed by atoms with E-state index in [1.807, 2.05) is 6.07 Å². The maximum absolute atomic E-state index is 12.4. The Kier molecular flexibility index (Phi) is 4.74. The molecule has 0 fully saturated rings. The van der Waals surface area contributed by atoms with Crippen LogP contribution in [0.4, 0.5) is 0 Å². The van der Waals surface area contributed by atoms with E-state index in [0.717, 1.165) is 16.5 Å². The summed E-state index contributed by atoms with van der Waals surface area (Å²) < 4.78 is 0. The topological polar surface area (TPSA) is 85.3 Å². The van der Waals surface area contributed by atoms with Gasteiger partial charge in [0.05, 0.1) is 12.6 Å². The number of aliphatic hydroxyl groups is 1. The third kappa shape index (κ3) is 3.69. The number of aromatic nitrogens is 1. The second-order valence-corrected chi connectivity index (χ2v) is 6.07. The van der Waals surface area contributed by atoms with Crippen LogP contribution in [0.15, 0.2) is 48.5 Å². The smallest absolute Gasteiger partial charge is 0.268 e. The molecule has 6 heteroatoms. The number of nitrogens with one attached hydrogen (secondary N) is 2. The molecule has 1 aromatic heterocycles. The molecule has 5 nitrogen and oxygen atoms in total. The summed E-state index contributed by atoms with van der Waals surface area (Å²) in [5.41, 5.74) is 2.11. The number of rotatable bonds is 5. The highest BCUT2D eigenvalue weighted by Crippen LogP contribution is 2.20. The number of benzene rings is 2. The number of hydrogen-bond acceptors (Lipinski definition) is 3. The zero-order valence-corrected chi connectivity index (χ0v) is 13.5. The van der Waals surface area contributed by atoms with E-state index in [4.69, 9.17) is 11.6 Å². The van der Waals surface area contributed by atoms with Crippen molar-refractivity contribution < 1.29 is 15.0 Å². The molecule has 2 aromatic carbocycles. The quantitative estimate of drug-likeness (QED) is 0.574. The summed E-state index contributed by atoms with van der Waals surface area (Å²) in [6.45, 7) is -0.182. The molecule has 0 saturated heterocycles. The lowest BCUT2D eigenvalue weighted by Crippen LogP contribution is -2.39. The predicted molar refractivity (Wildman–Crippen MR) is 93.5 cm³/mol. The van der Waals surface area contributed by atoms with Crippen LogP contribution < -0.4 is 5.32 Å². The van der Waals surface area contributed by atoms with Crippen molar-refractivity contribution in [1.29, 1.82) is 0 Å². The van der Waals surface area contributed by atoms with Crippen molar-refractivity contribution in [2.75, 3.05) is 6.61 Å². The summed E-state index contributed by atoms with van der Waals surface area (Å²) in [6.07, 6.45) is 0.467. The number of phenols is 1. The average Bonchev–Trinajstić information content (AvgIpc) is 2.99. The van der Waals surface area contributed by atoms with E-state index in [9.17, 15) is 15.0 Å². The Morgan fingerprint density at radius 1 is 1.17 bits per heavy atom. The first-order valence-electron chi connectivity index (χ1n) is 7.53. The van der Waals surface area contributed by atoms with Crippen molar-refractivity contribution in [1.82, 2.24) is 10.3 Å². The van der Waals surface area contributed by atoms with Gasteiger partial charge in [0.1, 0.15) is 11.4 Å². The Morgan fingerprint density at radius 3 is 2.62 bits per heavy atom. The summed E-state index contributed by atoms with van der Waals surface area (Å²) in [7, 11) is 0. The van der Waals surface area contributed by atoms with Crippen LogP contribution in [-0.2, 0) is 6.42 Å². The highest BCUT2D eigenvalue weighted by molar-refractivity contribution is 6.31. The number of amides is 1. The molecule has 4 N–H and O–H groups in total. The van der Waals surface area contributed by atoms with E-state index in [1.54, 1.807) is 42.5 Å². The van der Waals surface area contributed by atoms with Gasteiger partial charge in [-0.1, -0.05) is 29.8 Å². The van der Waals surface area contributed by atoms with Gasteiger partial charge < -0.3 is 20.5 Å². The van der Waals surface area contributed by atoms with Gasteiger partial charge in [0.2, 0.25) is 0 Å². The summed E-state index contributed by atoms with van der Waals surface area (Å²) in [6, 6.07) is 13.4. The fourth-order valence-electron chi connectivity index (χ4n) is 2.56. The van der Waals surface area contributed by atoms with Gasteiger partial charge in [-0.2, -0.15) is 0 Å². The molecule has 124 valence electrons. The van der Waals surface area contributed by atoms with Gasteiger partial charge in [-0.05, 0) is 42.3 Å². The summed E-state index contributed by atoms with van der Waals surface area (Å²) >= 11 is 5.94. The van der Waals surface area contributed by atoms with Crippen molar-refractivity contribution in [3.8, 4) is 5.75 Å². The first-order chi connectivity index (χ1) is 11.5. The van der Waals surface area contributed by atoms with Crippen molar-refractivity contribution in [3.05, 3.63) is 64.8 Å². The lowest BCUT2D eigenvalue weighted by molar-refractivity contribution is 0.0912. The lowest BCUT2D eigenvalue weighted by Gasteiger charge is -2.16. The second-order valence-electron chi connectivity index (χ2n) is 5.64. The van der Waals surface area contributed by atoms with E-state index >= 15 is 0 Å². The third-order valence-electron chi connectivity index (χ3n) is 3.80. The summed E-state index contributed by atoms with van der Waals surface area (Å²) in [5, 5.41) is 23.1. The molecular formula is C18H17ClN2O3.